The van der Waals surface area contributed by atoms with Crippen LogP contribution < -0.4 is 14.5 Å². The Labute approximate surface area is 399 Å². The van der Waals surface area contributed by atoms with Crippen molar-refractivity contribution in [2.24, 2.45) is 36.1 Å². The molecule has 3 fully saturated rings. The van der Waals surface area contributed by atoms with E-state index in [0.29, 0.717) is 50.6 Å². The lowest BCUT2D eigenvalue weighted by molar-refractivity contribution is -0.131. The van der Waals surface area contributed by atoms with Gasteiger partial charge in [-0.05, 0) is 110 Å². The molecule has 2 saturated heterocycles. The smallest absolute Gasteiger partial charge is 0.242 e. The number of imide groups is 2. The van der Waals surface area contributed by atoms with E-state index in [1.165, 1.54) is 15.9 Å². The van der Waals surface area contributed by atoms with Gasteiger partial charge in [0.05, 0.1) is 33.7 Å². The summed E-state index contributed by atoms with van der Waals surface area (Å²) < 4.78 is 14.7. The van der Waals surface area contributed by atoms with Crippen molar-refractivity contribution in [2.45, 2.75) is 39.2 Å². The van der Waals surface area contributed by atoms with Gasteiger partial charge in [0, 0.05) is 45.9 Å². The summed E-state index contributed by atoms with van der Waals surface area (Å²) in [6.07, 6.45) is 2.36. The minimum atomic E-state index is -1.41. The van der Waals surface area contributed by atoms with Gasteiger partial charge >= 0.3 is 0 Å². The van der Waals surface area contributed by atoms with Gasteiger partial charge in [0.2, 0.25) is 29.5 Å². The Bertz CT molecular complexity index is 3440. The Hall–Kier alpha value is -7.35. The van der Waals surface area contributed by atoms with Crippen molar-refractivity contribution in [1.29, 1.82) is 0 Å². The fourth-order valence-electron chi connectivity index (χ4n) is 11.4. The Morgan fingerprint density at radius 3 is 2.43 bits per heavy atom. The molecule has 68 heavy (non-hydrogen) atoms. The van der Waals surface area contributed by atoms with Crippen molar-refractivity contribution in [3.63, 3.8) is 0 Å². The van der Waals surface area contributed by atoms with Gasteiger partial charge in [-0.15, -0.1) is 11.3 Å². The molecule has 2 aliphatic heterocycles. The van der Waals surface area contributed by atoms with Crippen molar-refractivity contribution in [3.8, 4) is 33.5 Å². The number of amides is 4. The van der Waals surface area contributed by atoms with Crippen molar-refractivity contribution >= 4 is 79.3 Å². The molecule has 12 nitrogen and oxygen atoms in total. The Kier molecular flexibility index (Phi) is 9.65. The highest BCUT2D eigenvalue weighted by Crippen LogP contribution is 2.65. The Balaban J connectivity index is 0.917. The fourth-order valence-corrected chi connectivity index (χ4v) is 12.7. The first kappa shape index (κ1) is 42.0. The minimum absolute atomic E-state index is 0.111. The van der Waals surface area contributed by atoms with E-state index in [9.17, 15) is 14.7 Å². The van der Waals surface area contributed by atoms with Crippen LogP contribution in [0.5, 0.6) is 11.5 Å². The van der Waals surface area contributed by atoms with Gasteiger partial charge in [0.15, 0.2) is 5.58 Å². The molecule has 1 N–H and O–H groups in total. The fraction of sp³-hybridized carbons (Fsp3) is 0.222. The number of allylic oxidation sites excluding steroid dienone is 2. The number of oxazole rings is 1. The number of hydrogen-bond acceptors (Lipinski definition) is 10. The largest absolute Gasteiger partial charge is 0.508 e. The van der Waals surface area contributed by atoms with E-state index in [1.807, 2.05) is 85.8 Å². The van der Waals surface area contributed by atoms with Gasteiger partial charge < -0.3 is 14.3 Å². The number of hydrogen-bond donors (Lipinski definition) is 1. The topological polar surface area (TPSA) is 148 Å². The highest BCUT2D eigenvalue weighted by atomic mass is 35.5. The average Bonchev–Trinajstić information content (AvgIpc) is 4.13. The molecule has 0 spiro atoms. The number of rotatable bonds is 8. The summed E-state index contributed by atoms with van der Waals surface area (Å²) in [7, 11) is 1.71. The third-order valence-electron chi connectivity index (χ3n) is 14.7. The number of para-hydroxylation sites is 2. The number of benzene rings is 5. The maximum absolute atomic E-state index is 15.5. The third kappa shape index (κ3) is 6.32. The van der Waals surface area contributed by atoms with Gasteiger partial charge in [-0.25, -0.2) is 9.88 Å². The number of halogens is 1. The van der Waals surface area contributed by atoms with Crippen LogP contribution in [-0.2, 0) is 32.8 Å². The molecule has 0 radical (unpaired) electrons. The lowest BCUT2D eigenvalue weighted by Gasteiger charge is -2.49. The van der Waals surface area contributed by atoms with E-state index >= 15 is 9.59 Å². The summed E-state index contributed by atoms with van der Waals surface area (Å²) in [4.78, 5) is 68.0. The van der Waals surface area contributed by atoms with Crippen molar-refractivity contribution in [1.82, 2.24) is 14.8 Å². The normalized spacial score (nSPS) is 23.4. The molecule has 5 aromatic carbocycles. The number of anilines is 2. The number of carbonyl (C=O) groups is 4. The molecule has 1 saturated carbocycles. The quantitative estimate of drug-likeness (QED) is 0.116. The summed E-state index contributed by atoms with van der Waals surface area (Å²) >= 11 is 7.93. The van der Waals surface area contributed by atoms with Gasteiger partial charge in [-0.3, -0.25) is 28.8 Å². The van der Waals surface area contributed by atoms with E-state index < -0.39 is 46.8 Å². The maximum atomic E-state index is 15.5. The molecule has 2 aliphatic carbocycles. The molecular formula is C54H42ClN5O7S. The maximum Gasteiger partial charge on any atom is 0.242 e. The van der Waals surface area contributed by atoms with Crippen LogP contribution in [-0.4, -0.2) is 43.5 Å². The second kappa shape index (κ2) is 15.6. The molecule has 4 amide bonds. The van der Waals surface area contributed by atoms with Crippen molar-refractivity contribution in [2.75, 3.05) is 9.80 Å². The number of fused-ring (bicyclic) bond motifs is 6. The Morgan fingerprint density at radius 1 is 0.868 bits per heavy atom. The number of aryl methyl sites for hydroxylation is 2. The molecule has 6 atom stereocenters. The van der Waals surface area contributed by atoms with Crippen LogP contribution in [0.3, 0.4) is 0 Å². The second-order valence-electron chi connectivity index (χ2n) is 18.4. The molecular weight excluding hydrogens is 898 g/mol. The van der Waals surface area contributed by atoms with E-state index in [0.717, 1.165) is 37.2 Å². The number of phenolic OH excluding ortho intramolecular Hbond substituents is 1. The first-order valence-electron chi connectivity index (χ1n) is 22.5. The number of thiophene rings is 1. The monoisotopic (exact) mass is 939 g/mol. The summed E-state index contributed by atoms with van der Waals surface area (Å²) in [6, 6.07) is 36.7. The number of aromatic nitrogens is 3. The molecule has 338 valence electrons. The van der Waals surface area contributed by atoms with Crippen LogP contribution in [0, 0.1) is 36.0 Å². The zero-order valence-electron chi connectivity index (χ0n) is 37.1. The van der Waals surface area contributed by atoms with Gasteiger partial charge in [0.1, 0.15) is 35.1 Å². The lowest BCUT2D eigenvalue weighted by atomic mass is 9.51. The molecule has 8 aromatic rings. The number of aromatic hydroxyl groups is 1. The molecule has 4 aliphatic rings. The number of phenols is 1. The summed E-state index contributed by atoms with van der Waals surface area (Å²) in [5.74, 6) is -4.39. The predicted octanol–water partition coefficient (Wildman–Crippen LogP) is 10.8. The highest BCUT2D eigenvalue weighted by molar-refractivity contribution is 7.22. The second-order valence-corrected chi connectivity index (χ2v) is 19.9. The van der Waals surface area contributed by atoms with Crippen LogP contribution in [0.1, 0.15) is 42.4 Å². The highest BCUT2D eigenvalue weighted by Gasteiger charge is 2.68. The summed E-state index contributed by atoms with van der Waals surface area (Å²) in [5, 5.41) is 18.5. The summed E-state index contributed by atoms with van der Waals surface area (Å²) in [6.45, 7) is 4.08. The minimum Gasteiger partial charge on any atom is -0.508 e. The van der Waals surface area contributed by atoms with E-state index in [2.05, 4.69) is 4.98 Å². The van der Waals surface area contributed by atoms with Crippen LogP contribution in [0.2, 0.25) is 5.02 Å². The van der Waals surface area contributed by atoms with Gasteiger partial charge in [0.25, 0.3) is 0 Å². The van der Waals surface area contributed by atoms with Crippen LogP contribution >= 0.6 is 22.9 Å². The average molecular weight is 940 g/mol. The van der Waals surface area contributed by atoms with Crippen LogP contribution in [0.15, 0.2) is 137 Å². The number of nitrogens with zero attached hydrogens (tertiary/aromatic N) is 5. The van der Waals surface area contributed by atoms with Crippen LogP contribution in [0.25, 0.3) is 43.2 Å². The first-order valence-corrected chi connectivity index (χ1v) is 23.7. The van der Waals surface area contributed by atoms with Crippen LogP contribution in [0.4, 0.5) is 11.5 Å². The van der Waals surface area contributed by atoms with Crippen molar-refractivity contribution < 1.29 is 33.4 Å². The zero-order valence-corrected chi connectivity index (χ0v) is 38.6. The first-order chi connectivity index (χ1) is 32.9. The molecule has 0 bridgehead atoms. The summed E-state index contributed by atoms with van der Waals surface area (Å²) in [5.41, 5.74) is 4.78. The predicted molar refractivity (Wildman–Crippen MR) is 259 cm³/mol. The standard InChI is InChI=1S/C54H42ClN5O7S/c1-28-37-23-31(55)15-22-44(37)68-48(28)41-26-45(58(3)57-41)60-51(63)39-25-38-34(47(54(39,2)53(60)65)35-19-18-33(24-42(35)61)66-27-29-9-5-4-6-10-29)20-21-36-46(38)52(64)59(50(36)62)32-16-13-30(14-17-32)49-56-40-11-7-8-12-43(40)67-49/h4-20,22-24,26,36,38-39,46-47,61H,21,25,27H2,1-3H3/t36-,38+,39-,46-,47+,54+/m0/s1. The molecule has 14 heteroatoms. The van der Waals surface area contributed by atoms with E-state index in [4.69, 9.17) is 25.9 Å². The molecule has 12 rings (SSSR count). The number of ether oxygens (including phenoxy) is 1. The van der Waals surface area contributed by atoms with Gasteiger partial charge in [-0.1, -0.05) is 71.8 Å². The third-order valence-corrected chi connectivity index (χ3v) is 16.2. The number of carbonyl (C=O) groups excluding carboxylic acids is 4. The molecule has 0 unspecified atom stereocenters. The SMILES string of the molecule is Cc1c(-c2cc(N3C(=O)[C@@H]4C[C@@H]5C(=CC[C@@H]6C(=O)N(c7ccc(-c8nc9ccccc9o8)cc7)C(=O)[C@@H]65)[C@H](c5ccc(OCc6ccccc6)cc5O)[C@]4(C)C3=O)n(C)n2)sc2ccc(Cl)cc12. The van der Waals surface area contributed by atoms with E-state index in [-0.39, 0.29) is 37.0 Å². The van der Waals surface area contributed by atoms with Gasteiger partial charge in [-0.2, -0.15) is 5.10 Å². The Morgan fingerprint density at radius 2 is 1.65 bits per heavy atom. The molecule has 3 aromatic heterocycles. The zero-order chi connectivity index (χ0) is 46.7. The molecule has 5 heterocycles. The lowest BCUT2D eigenvalue weighted by Crippen LogP contribution is -2.49. The van der Waals surface area contributed by atoms with Crippen molar-refractivity contribution in [3.05, 3.63) is 155 Å². The van der Waals surface area contributed by atoms with E-state index in [1.54, 1.807) is 72.5 Å².